The molecule has 2 aromatic carbocycles. The number of carbonyl (C=O) groups excluding carboxylic acids is 1. The van der Waals surface area contributed by atoms with Gasteiger partial charge >= 0.3 is 18.1 Å². The van der Waals surface area contributed by atoms with Crippen LogP contribution in [-0.2, 0) is 42.9 Å². The van der Waals surface area contributed by atoms with Crippen molar-refractivity contribution in [3.8, 4) is 5.75 Å². The van der Waals surface area contributed by atoms with Crippen LogP contribution < -0.4 is 10.5 Å². The van der Waals surface area contributed by atoms with Crippen LogP contribution in [0.25, 0.3) is 10.9 Å². The zero-order chi connectivity index (χ0) is 33.5. The molecule has 0 amide bonds. The predicted molar refractivity (Wildman–Crippen MR) is 159 cm³/mol. The first-order valence-corrected chi connectivity index (χ1v) is 15.7. The number of ether oxygens (including phenoxy) is 1. The fourth-order valence-corrected chi connectivity index (χ4v) is 7.00. The van der Waals surface area contributed by atoms with Crippen molar-refractivity contribution in [3.63, 3.8) is 0 Å². The van der Waals surface area contributed by atoms with Crippen LogP contribution in [0, 0.1) is 0 Å². The number of nitrogens with two attached hydrogens (primary N) is 1. The number of carbonyl (C=O) groups is 3. The summed E-state index contributed by atoms with van der Waals surface area (Å²) in [4.78, 5) is 31.9. The number of halogens is 4. The van der Waals surface area contributed by atoms with E-state index in [-0.39, 0.29) is 28.6 Å². The number of fused-ring (bicyclic) bond motifs is 1. The topological polar surface area (TPSA) is 179 Å². The molecule has 2 heterocycles. The van der Waals surface area contributed by atoms with Crippen LogP contribution in [0.3, 0.4) is 0 Å². The monoisotopic (exact) mass is 689 g/mol. The van der Waals surface area contributed by atoms with Gasteiger partial charge in [0, 0.05) is 12.8 Å². The Balaban J connectivity index is 0.000000707. The van der Waals surface area contributed by atoms with Crippen molar-refractivity contribution in [2.45, 2.75) is 48.0 Å². The quantitative estimate of drug-likeness (QED) is 0.188. The lowest BCUT2D eigenvalue weighted by molar-refractivity contribution is -0.192. The van der Waals surface area contributed by atoms with Crippen molar-refractivity contribution in [1.29, 1.82) is 0 Å². The molecule has 11 nitrogen and oxygen atoms in total. The van der Waals surface area contributed by atoms with E-state index in [1.807, 2.05) is 36.4 Å². The third-order valence-corrected chi connectivity index (χ3v) is 9.68. The van der Waals surface area contributed by atoms with Crippen molar-refractivity contribution in [1.82, 2.24) is 9.78 Å². The Morgan fingerprint density at radius 1 is 1.09 bits per heavy atom. The summed E-state index contributed by atoms with van der Waals surface area (Å²) in [5.74, 6) is -3.96. The lowest BCUT2D eigenvalue weighted by atomic mass is 10.0. The second-order valence-electron chi connectivity index (χ2n) is 9.59. The molecule has 1 atom stereocenters. The van der Waals surface area contributed by atoms with Crippen LogP contribution in [0.15, 0.2) is 58.8 Å². The fourth-order valence-electron chi connectivity index (χ4n) is 4.16. The Morgan fingerprint density at radius 3 is 2.31 bits per heavy atom. The summed E-state index contributed by atoms with van der Waals surface area (Å²) in [6.45, 7) is 0.361. The summed E-state index contributed by atoms with van der Waals surface area (Å²) in [6, 6.07) is 14.9. The Morgan fingerprint density at radius 2 is 1.73 bits per heavy atom. The number of alkyl halides is 3. The van der Waals surface area contributed by atoms with E-state index >= 15 is 0 Å². The molecular weight excluding hydrogens is 663 g/mol. The standard InChI is InChI=1S/C26H26ClN3O6S2.C2HF3O2/c1-36-22-7-3-6-21-25(22)20(15-38(34,35)24-11-10-23(27)37-24)29-30(21)14-17-5-2-4-16(12-17)8-9-18(31)13-19(28)26(32)33;3-2(4,5)1(6)7/h2-7,10-12,19H,8-9,13-15,28H2,1H3,(H,32,33);(H,6,7)/t19-;/m0./s1. The molecule has 242 valence electrons. The van der Waals surface area contributed by atoms with E-state index in [1.54, 1.807) is 16.8 Å². The van der Waals surface area contributed by atoms with Crippen molar-refractivity contribution in [3.05, 3.63) is 75.8 Å². The average Bonchev–Trinajstić information content (AvgIpc) is 3.55. The molecule has 0 aliphatic carbocycles. The van der Waals surface area contributed by atoms with Crippen molar-refractivity contribution in [2.24, 2.45) is 5.73 Å². The zero-order valence-corrected chi connectivity index (χ0v) is 25.8. The van der Waals surface area contributed by atoms with E-state index in [0.29, 0.717) is 34.1 Å². The number of ketones is 1. The van der Waals surface area contributed by atoms with E-state index in [4.69, 9.17) is 37.1 Å². The van der Waals surface area contributed by atoms with Crippen LogP contribution in [0.1, 0.15) is 29.7 Å². The minimum Gasteiger partial charge on any atom is -0.496 e. The summed E-state index contributed by atoms with van der Waals surface area (Å²) < 4.78 is 65.8. The van der Waals surface area contributed by atoms with Gasteiger partial charge in [-0.15, -0.1) is 11.3 Å². The highest BCUT2D eigenvalue weighted by Crippen LogP contribution is 2.33. The Bertz CT molecular complexity index is 1810. The second-order valence-corrected chi connectivity index (χ2v) is 13.5. The number of aliphatic carboxylic acids is 2. The summed E-state index contributed by atoms with van der Waals surface area (Å²) in [6.07, 6.45) is -4.67. The molecule has 4 aromatic rings. The molecule has 17 heteroatoms. The molecule has 0 unspecified atom stereocenters. The van der Waals surface area contributed by atoms with Crippen LogP contribution in [-0.4, -0.2) is 65.5 Å². The van der Waals surface area contributed by atoms with Gasteiger partial charge in [-0.3, -0.25) is 14.3 Å². The summed E-state index contributed by atoms with van der Waals surface area (Å²) >= 11 is 6.96. The maximum Gasteiger partial charge on any atom is 0.490 e. The smallest absolute Gasteiger partial charge is 0.490 e. The van der Waals surface area contributed by atoms with Gasteiger partial charge in [-0.05, 0) is 41.8 Å². The first-order valence-electron chi connectivity index (χ1n) is 12.9. The predicted octanol–water partition coefficient (Wildman–Crippen LogP) is 4.72. The number of aryl methyl sites for hydroxylation is 1. The Labute approximate surface area is 263 Å². The third-order valence-electron chi connectivity index (χ3n) is 6.24. The van der Waals surface area contributed by atoms with Crippen molar-refractivity contribution < 1.29 is 50.9 Å². The summed E-state index contributed by atoms with van der Waals surface area (Å²) in [5.41, 5.74) is 8.37. The second kappa shape index (κ2) is 14.9. The van der Waals surface area contributed by atoms with Crippen LogP contribution in [0.4, 0.5) is 13.2 Å². The van der Waals surface area contributed by atoms with Gasteiger partial charge in [-0.2, -0.15) is 18.3 Å². The van der Waals surface area contributed by atoms with E-state index in [9.17, 15) is 31.2 Å². The molecule has 4 N–H and O–H groups in total. The van der Waals surface area contributed by atoms with Crippen LogP contribution in [0.2, 0.25) is 4.34 Å². The van der Waals surface area contributed by atoms with Gasteiger partial charge in [-0.25, -0.2) is 13.2 Å². The molecule has 0 spiro atoms. The van der Waals surface area contributed by atoms with Crippen molar-refractivity contribution >= 4 is 61.4 Å². The normalized spacial score (nSPS) is 12.3. The molecular formula is C28H27ClF3N3O8S2. The molecule has 0 aliphatic heterocycles. The van der Waals surface area contributed by atoms with Gasteiger partial charge < -0.3 is 20.7 Å². The molecule has 0 radical (unpaired) electrons. The Hall–Kier alpha value is -3.99. The molecule has 0 saturated heterocycles. The van der Waals surface area contributed by atoms with Gasteiger partial charge in [0.1, 0.15) is 27.5 Å². The van der Waals surface area contributed by atoms with Crippen LogP contribution >= 0.6 is 22.9 Å². The largest absolute Gasteiger partial charge is 0.496 e. The SMILES string of the molecule is COc1cccc2c1c(CS(=O)(=O)c1ccc(Cl)s1)nn2Cc1cccc(CCC(=O)C[C@H](N)C(=O)O)c1.O=C(O)C(F)(F)F. The Kier molecular flexibility index (Phi) is 11.7. The van der Waals surface area contributed by atoms with E-state index in [1.165, 1.54) is 13.2 Å². The number of carboxylic acids is 2. The molecule has 0 aliphatic rings. The number of thiophene rings is 1. The maximum atomic E-state index is 13.1. The number of hydrogen-bond acceptors (Lipinski definition) is 9. The van der Waals surface area contributed by atoms with Crippen LogP contribution in [0.5, 0.6) is 5.75 Å². The third kappa shape index (κ3) is 9.75. The number of Topliss-reactive ketones (excluding diaryl/α,β-unsaturated/α-hetero) is 1. The minimum absolute atomic E-state index is 0.173. The molecule has 4 rings (SSSR count). The maximum absolute atomic E-state index is 13.1. The fraction of sp³-hybridized carbons (Fsp3) is 0.286. The van der Waals surface area contributed by atoms with E-state index < -0.39 is 34.0 Å². The number of aromatic nitrogens is 2. The highest BCUT2D eigenvalue weighted by molar-refractivity contribution is 7.92. The molecule has 0 bridgehead atoms. The number of sulfone groups is 1. The first kappa shape index (κ1) is 35.5. The van der Waals surface area contributed by atoms with Gasteiger partial charge in [0.15, 0.2) is 9.84 Å². The van der Waals surface area contributed by atoms with E-state index in [2.05, 4.69) is 5.10 Å². The van der Waals surface area contributed by atoms with Crippen molar-refractivity contribution in [2.75, 3.05) is 7.11 Å². The zero-order valence-electron chi connectivity index (χ0n) is 23.5. The summed E-state index contributed by atoms with van der Waals surface area (Å²) in [5, 5.41) is 21.3. The number of methoxy groups -OCH3 is 1. The van der Waals surface area contributed by atoms with Gasteiger partial charge in [-0.1, -0.05) is 41.9 Å². The summed E-state index contributed by atoms with van der Waals surface area (Å²) in [7, 11) is -2.15. The first-order chi connectivity index (χ1) is 21.0. The van der Waals surface area contributed by atoms with E-state index in [0.717, 1.165) is 28.0 Å². The number of benzene rings is 2. The molecule has 2 aromatic heterocycles. The van der Waals surface area contributed by atoms with Gasteiger partial charge in [0.2, 0.25) is 0 Å². The highest BCUT2D eigenvalue weighted by atomic mass is 35.5. The average molecular weight is 690 g/mol. The van der Waals surface area contributed by atoms with Gasteiger partial charge in [0.05, 0.1) is 34.6 Å². The van der Waals surface area contributed by atoms with Gasteiger partial charge in [0.25, 0.3) is 0 Å². The number of carboxylic acid groups (broad SMARTS) is 2. The molecule has 0 saturated carbocycles. The highest BCUT2D eigenvalue weighted by Gasteiger charge is 2.38. The number of rotatable bonds is 12. The lowest BCUT2D eigenvalue weighted by Gasteiger charge is -2.08. The number of nitrogens with zero attached hydrogens (tertiary/aromatic N) is 2. The molecule has 0 fully saturated rings. The minimum atomic E-state index is -5.08. The molecule has 45 heavy (non-hydrogen) atoms. The lowest BCUT2D eigenvalue weighted by Crippen LogP contribution is -2.32. The number of hydrogen-bond donors (Lipinski definition) is 3.